The molecule has 3 N–H and O–H groups in total. The molecule has 1 aliphatic rings. The molecule has 1 aromatic carbocycles. The predicted molar refractivity (Wildman–Crippen MR) is 95.6 cm³/mol. The maximum Gasteiger partial charge on any atom is 0.289 e. The standard InChI is InChI=1S/C18H26F2NO4P/c1-2-13-5-7-14(8-6-13)15-9-10-16(18(20)17(15)19)25-11-3-4-12-26(23,24)21-22/h2,9-10,13-14,22H,1,3-8,11-12H2,(H2,21,23,24). The van der Waals surface area contributed by atoms with E-state index in [1.165, 1.54) is 11.3 Å². The smallest absolute Gasteiger partial charge is 0.289 e. The third-order valence-corrected chi connectivity index (χ3v) is 6.13. The quantitative estimate of drug-likeness (QED) is 0.246. The lowest BCUT2D eigenvalue weighted by Crippen LogP contribution is -2.14. The van der Waals surface area contributed by atoms with E-state index in [9.17, 15) is 13.3 Å². The molecule has 26 heavy (non-hydrogen) atoms. The lowest BCUT2D eigenvalue weighted by molar-refractivity contribution is 0.221. The average molecular weight is 389 g/mol. The number of nitrogens with one attached hydrogen (secondary N) is 1. The minimum Gasteiger partial charge on any atom is -0.490 e. The number of allylic oxidation sites excluding steroid dienone is 1. The Kier molecular flexibility index (Phi) is 7.77. The molecule has 2 rings (SSSR count). The number of halogens is 2. The van der Waals surface area contributed by atoms with Crippen LogP contribution in [0.2, 0.25) is 0 Å². The molecule has 1 aliphatic carbocycles. The van der Waals surface area contributed by atoms with Gasteiger partial charge in [0.25, 0.3) is 7.52 Å². The van der Waals surface area contributed by atoms with E-state index < -0.39 is 19.2 Å². The van der Waals surface area contributed by atoms with Gasteiger partial charge in [0.1, 0.15) is 0 Å². The van der Waals surface area contributed by atoms with E-state index in [0.29, 0.717) is 24.3 Å². The zero-order valence-corrected chi connectivity index (χ0v) is 15.6. The highest BCUT2D eigenvalue weighted by Crippen LogP contribution is 2.39. The van der Waals surface area contributed by atoms with Crippen LogP contribution < -0.4 is 9.99 Å². The summed E-state index contributed by atoms with van der Waals surface area (Å²) in [4.78, 5) is 9.15. The molecule has 0 aromatic heterocycles. The molecule has 5 nitrogen and oxygen atoms in total. The van der Waals surface area contributed by atoms with E-state index in [2.05, 4.69) is 6.58 Å². The number of rotatable bonds is 9. The van der Waals surface area contributed by atoms with Gasteiger partial charge in [0.15, 0.2) is 11.6 Å². The number of benzene rings is 1. The molecule has 0 aliphatic heterocycles. The lowest BCUT2D eigenvalue weighted by Gasteiger charge is -2.27. The maximum atomic E-state index is 14.4. The molecule has 0 bridgehead atoms. The largest absolute Gasteiger partial charge is 0.490 e. The van der Waals surface area contributed by atoms with Crippen molar-refractivity contribution in [2.45, 2.75) is 44.4 Å². The van der Waals surface area contributed by atoms with Crippen LogP contribution in [-0.2, 0) is 4.57 Å². The van der Waals surface area contributed by atoms with Crippen LogP contribution in [0.1, 0.15) is 50.0 Å². The maximum absolute atomic E-state index is 14.4. The summed E-state index contributed by atoms with van der Waals surface area (Å²) >= 11 is 0. The average Bonchev–Trinajstić information content (AvgIpc) is 2.65. The lowest BCUT2D eigenvalue weighted by atomic mass is 9.78. The van der Waals surface area contributed by atoms with Gasteiger partial charge in [0, 0.05) is 6.16 Å². The van der Waals surface area contributed by atoms with Gasteiger partial charge < -0.3 is 14.8 Å². The van der Waals surface area contributed by atoms with Gasteiger partial charge >= 0.3 is 0 Å². The van der Waals surface area contributed by atoms with Crippen molar-refractivity contribution in [3.63, 3.8) is 0 Å². The fraction of sp³-hybridized carbons (Fsp3) is 0.556. The first-order valence-corrected chi connectivity index (χ1v) is 10.7. The molecule has 0 heterocycles. The number of hydrogen-bond acceptors (Lipinski definition) is 3. The summed E-state index contributed by atoms with van der Waals surface area (Å²) in [6.07, 6.45) is 5.97. The fourth-order valence-corrected chi connectivity index (χ4v) is 4.05. The van der Waals surface area contributed by atoms with Gasteiger partial charge in [-0.3, -0.25) is 4.57 Å². The van der Waals surface area contributed by atoms with Crippen molar-refractivity contribution in [3.8, 4) is 5.75 Å². The van der Waals surface area contributed by atoms with Gasteiger partial charge in [0.2, 0.25) is 5.82 Å². The van der Waals surface area contributed by atoms with Crippen molar-refractivity contribution in [1.29, 1.82) is 0 Å². The Morgan fingerprint density at radius 3 is 2.54 bits per heavy atom. The van der Waals surface area contributed by atoms with Crippen LogP contribution in [0.3, 0.4) is 0 Å². The summed E-state index contributed by atoms with van der Waals surface area (Å²) in [5.74, 6) is -1.53. The van der Waals surface area contributed by atoms with Crippen LogP contribution in [0.5, 0.6) is 5.75 Å². The Morgan fingerprint density at radius 2 is 1.92 bits per heavy atom. The van der Waals surface area contributed by atoms with E-state index in [1.807, 2.05) is 6.08 Å². The van der Waals surface area contributed by atoms with Crippen molar-refractivity contribution in [1.82, 2.24) is 5.25 Å². The predicted octanol–water partition coefficient (Wildman–Crippen LogP) is 4.75. The Labute approximate surface area is 152 Å². The van der Waals surface area contributed by atoms with E-state index in [4.69, 9.17) is 14.8 Å². The second-order valence-electron chi connectivity index (χ2n) is 6.71. The summed E-state index contributed by atoms with van der Waals surface area (Å²) in [5.41, 5.74) is 0.396. The first kappa shape index (κ1) is 21.0. The second-order valence-corrected chi connectivity index (χ2v) is 8.76. The van der Waals surface area contributed by atoms with Crippen molar-refractivity contribution in [3.05, 3.63) is 42.0 Å². The highest BCUT2D eigenvalue weighted by atomic mass is 31.2. The molecule has 1 aromatic rings. The van der Waals surface area contributed by atoms with Gasteiger partial charge in [-0.2, -0.15) is 4.39 Å². The number of ether oxygens (including phenoxy) is 1. The van der Waals surface area contributed by atoms with Crippen LogP contribution in [0.15, 0.2) is 24.8 Å². The summed E-state index contributed by atoms with van der Waals surface area (Å²) in [5, 5.41) is 9.83. The van der Waals surface area contributed by atoms with Gasteiger partial charge in [0.05, 0.1) is 6.61 Å². The molecule has 1 atom stereocenters. The number of unbranched alkanes of at least 4 members (excludes halogenated alkanes) is 1. The van der Waals surface area contributed by atoms with Crippen molar-refractivity contribution < 1.29 is 28.2 Å². The van der Waals surface area contributed by atoms with Crippen LogP contribution in [0.25, 0.3) is 0 Å². The van der Waals surface area contributed by atoms with Crippen molar-refractivity contribution >= 4 is 7.52 Å². The summed E-state index contributed by atoms with van der Waals surface area (Å²) in [6, 6.07) is 3.03. The molecule has 146 valence electrons. The molecular formula is C18H26F2NO4P. The molecule has 1 unspecified atom stereocenters. The third-order valence-electron chi connectivity index (χ3n) is 4.89. The van der Waals surface area contributed by atoms with Gasteiger partial charge in [-0.1, -0.05) is 12.1 Å². The van der Waals surface area contributed by atoms with Gasteiger partial charge in [-0.05, 0) is 62.0 Å². The molecule has 8 heteroatoms. The highest BCUT2D eigenvalue weighted by molar-refractivity contribution is 7.55. The highest BCUT2D eigenvalue weighted by Gasteiger charge is 2.25. The van der Waals surface area contributed by atoms with E-state index in [0.717, 1.165) is 25.7 Å². The van der Waals surface area contributed by atoms with E-state index in [-0.39, 0.29) is 24.4 Å². The van der Waals surface area contributed by atoms with Crippen molar-refractivity contribution in [2.75, 3.05) is 12.8 Å². The van der Waals surface area contributed by atoms with Crippen LogP contribution in [-0.4, -0.2) is 22.9 Å². The summed E-state index contributed by atoms with van der Waals surface area (Å²) in [6.45, 7) is 3.88. The Bertz CT molecular complexity index is 663. The molecule has 1 saturated carbocycles. The SMILES string of the molecule is C=CC1CCC(c2ccc(OCCCCP(=O)(O)NO)c(F)c2F)CC1. The second kappa shape index (κ2) is 9.60. The van der Waals surface area contributed by atoms with Crippen LogP contribution in [0, 0.1) is 17.6 Å². The molecule has 0 spiro atoms. The Balaban J connectivity index is 1.89. The Morgan fingerprint density at radius 1 is 1.23 bits per heavy atom. The topological polar surface area (TPSA) is 78.8 Å². The first-order valence-electron chi connectivity index (χ1n) is 8.84. The minimum absolute atomic E-state index is 0.0134. The zero-order valence-electron chi connectivity index (χ0n) is 14.7. The van der Waals surface area contributed by atoms with Gasteiger partial charge in [-0.15, -0.1) is 11.8 Å². The van der Waals surface area contributed by atoms with Crippen molar-refractivity contribution in [2.24, 2.45) is 5.92 Å². The van der Waals surface area contributed by atoms with Gasteiger partial charge in [-0.25, -0.2) is 4.39 Å². The summed E-state index contributed by atoms with van der Waals surface area (Å²) < 4.78 is 45.1. The molecule has 0 radical (unpaired) electrons. The number of hydrogen-bond donors (Lipinski definition) is 3. The first-order chi connectivity index (χ1) is 12.4. The zero-order chi connectivity index (χ0) is 19.2. The van der Waals surface area contributed by atoms with E-state index >= 15 is 0 Å². The third kappa shape index (κ3) is 5.61. The fourth-order valence-electron chi connectivity index (χ4n) is 3.30. The minimum atomic E-state index is -3.72. The molecular weight excluding hydrogens is 363 g/mol. The normalized spacial score (nSPS) is 22.6. The molecule has 0 saturated heterocycles. The monoisotopic (exact) mass is 389 g/mol. The molecule has 0 amide bonds. The summed E-state index contributed by atoms with van der Waals surface area (Å²) in [7, 11) is -3.72. The van der Waals surface area contributed by atoms with Crippen LogP contribution in [0.4, 0.5) is 8.78 Å². The Hall–Kier alpha value is -1.27. The van der Waals surface area contributed by atoms with Crippen LogP contribution >= 0.6 is 7.52 Å². The van der Waals surface area contributed by atoms with E-state index in [1.54, 1.807) is 6.07 Å². The molecule has 1 fully saturated rings.